The van der Waals surface area contributed by atoms with Gasteiger partial charge in [0.15, 0.2) is 5.60 Å². The number of ether oxygens (including phenoxy) is 2. The molecule has 0 saturated carbocycles. The SMILES string of the molecule is CCOC(=O)CC1(C)Oc2ccccc2C1=O. The summed E-state index contributed by atoms with van der Waals surface area (Å²) in [5, 5.41) is 0. The van der Waals surface area contributed by atoms with Crippen LogP contribution < -0.4 is 4.74 Å². The van der Waals surface area contributed by atoms with E-state index in [9.17, 15) is 9.59 Å². The number of benzene rings is 1. The number of hydrogen-bond donors (Lipinski definition) is 0. The zero-order valence-corrected chi connectivity index (χ0v) is 9.86. The van der Waals surface area contributed by atoms with Crippen molar-refractivity contribution in [3.8, 4) is 5.75 Å². The zero-order chi connectivity index (χ0) is 12.5. The molecule has 0 N–H and O–H groups in total. The van der Waals surface area contributed by atoms with E-state index in [0.717, 1.165) is 0 Å². The van der Waals surface area contributed by atoms with Crippen LogP contribution in [-0.4, -0.2) is 24.0 Å². The van der Waals surface area contributed by atoms with Crippen LogP contribution in [0.25, 0.3) is 0 Å². The fourth-order valence-electron chi connectivity index (χ4n) is 1.92. The number of ketones is 1. The van der Waals surface area contributed by atoms with E-state index in [1.807, 2.05) is 0 Å². The summed E-state index contributed by atoms with van der Waals surface area (Å²) in [6.07, 6.45) is -0.0612. The molecule has 1 aromatic rings. The predicted molar refractivity (Wildman–Crippen MR) is 61.1 cm³/mol. The number of rotatable bonds is 3. The molecule has 1 unspecified atom stereocenters. The molecule has 1 atom stereocenters. The molecule has 0 saturated heterocycles. The standard InChI is InChI=1S/C13H14O4/c1-3-16-11(14)8-13(2)12(15)9-6-4-5-7-10(9)17-13/h4-7H,3,8H2,1-2H3. The van der Waals surface area contributed by atoms with E-state index in [1.54, 1.807) is 38.1 Å². The molecule has 0 radical (unpaired) electrons. The number of esters is 1. The molecule has 4 heteroatoms. The first-order chi connectivity index (χ1) is 8.07. The topological polar surface area (TPSA) is 52.6 Å². The van der Waals surface area contributed by atoms with E-state index in [4.69, 9.17) is 9.47 Å². The third-order valence-corrected chi connectivity index (χ3v) is 2.73. The molecule has 90 valence electrons. The molecule has 0 amide bonds. The molecule has 0 spiro atoms. The molecule has 0 fully saturated rings. The Hall–Kier alpha value is -1.84. The van der Waals surface area contributed by atoms with E-state index in [2.05, 4.69) is 0 Å². The van der Waals surface area contributed by atoms with Crippen molar-refractivity contribution in [3.63, 3.8) is 0 Å². The molecule has 17 heavy (non-hydrogen) atoms. The van der Waals surface area contributed by atoms with Gasteiger partial charge in [0.1, 0.15) is 5.75 Å². The number of para-hydroxylation sites is 1. The van der Waals surface area contributed by atoms with E-state index in [0.29, 0.717) is 17.9 Å². The first-order valence-electron chi connectivity index (χ1n) is 5.55. The number of Topliss-reactive ketones (excluding diaryl/α,β-unsaturated/α-hetero) is 1. The second-order valence-electron chi connectivity index (χ2n) is 4.14. The molecule has 1 heterocycles. The minimum atomic E-state index is -1.13. The molecular formula is C13H14O4. The molecular weight excluding hydrogens is 220 g/mol. The summed E-state index contributed by atoms with van der Waals surface area (Å²) >= 11 is 0. The second kappa shape index (κ2) is 4.20. The third kappa shape index (κ3) is 2.02. The van der Waals surface area contributed by atoms with Gasteiger partial charge in [-0.2, -0.15) is 0 Å². The van der Waals surface area contributed by atoms with Crippen LogP contribution in [0.1, 0.15) is 30.6 Å². The van der Waals surface area contributed by atoms with Gasteiger partial charge in [0.25, 0.3) is 0 Å². The van der Waals surface area contributed by atoms with Gasteiger partial charge in [-0.25, -0.2) is 0 Å². The van der Waals surface area contributed by atoms with Crippen LogP contribution in [0.5, 0.6) is 5.75 Å². The molecule has 0 aliphatic carbocycles. The van der Waals surface area contributed by atoms with Gasteiger partial charge in [0.2, 0.25) is 5.78 Å². The van der Waals surface area contributed by atoms with Gasteiger partial charge in [-0.1, -0.05) is 12.1 Å². The Bertz CT molecular complexity index is 466. The fraction of sp³-hybridized carbons (Fsp3) is 0.385. The van der Waals surface area contributed by atoms with Gasteiger partial charge < -0.3 is 9.47 Å². The highest BCUT2D eigenvalue weighted by molar-refractivity contribution is 6.08. The van der Waals surface area contributed by atoms with E-state index < -0.39 is 11.6 Å². The first-order valence-corrected chi connectivity index (χ1v) is 5.55. The molecule has 1 aliphatic heterocycles. The highest BCUT2D eigenvalue weighted by Crippen LogP contribution is 2.36. The summed E-state index contributed by atoms with van der Waals surface area (Å²) in [5.74, 6) is -0.0541. The van der Waals surface area contributed by atoms with Gasteiger partial charge in [-0.15, -0.1) is 0 Å². The lowest BCUT2D eigenvalue weighted by molar-refractivity contribution is -0.146. The van der Waals surface area contributed by atoms with Crippen LogP contribution in [0.15, 0.2) is 24.3 Å². The van der Waals surface area contributed by atoms with Crippen molar-refractivity contribution in [2.45, 2.75) is 25.9 Å². The quantitative estimate of drug-likeness (QED) is 0.750. The maximum atomic E-state index is 12.1. The zero-order valence-electron chi connectivity index (χ0n) is 9.86. The Kier molecular flexibility index (Phi) is 2.88. The summed E-state index contributed by atoms with van der Waals surface area (Å²) in [6.45, 7) is 3.65. The number of fused-ring (bicyclic) bond motifs is 1. The summed E-state index contributed by atoms with van der Waals surface area (Å²) in [5.41, 5.74) is -0.602. The smallest absolute Gasteiger partial charge is 0.310 e. The van der Waals surface area contributed by atoms with Gasteiger partial charge in [-0.05, 0) is 26.0 Å². The second-order valence-corrected chi connectivity index (χ2v) is 4.14. The highest BCUT2D eigenvalue weighted by Gasteiger charge is 2.45. The number of hydrogen-bond acceptors (Lipinski definition) is 4. The van der Waals surface area contributed by atoms with Crippen molar-refractivity contribution in [3.05, 3.63) is 29.8 Å². The Labute approximate surface area is 99.5 Å². The monoisotopic (exact) mass is 234 g/mol. The van der Waals surface area contributed by atoms with Crippen molar-refractivity contribution >= 4 is 11.8 Å². The van der Waals surface area contributed by atoms with Crippen LogP contribution in [0.4, 0.5) is 0 Å². The summed E-state index contributed by atoms with van der Waals surface area (Å²) in [7, 11) is 0. The minimum Gasteiger partial charge on any atom is -0.478 e. The summed E-state index contributed by atoms with van der Waals surface area (Å²) < 4.78 is 10.4. The lowest BCUT2D eigenvalue weighted by atomic mass is 9.94. The number of carbonyl (C=O) groups is 2. The van der Waals surface area contributed by atoms with Gasteiger partial charge in [-0.3, -0.25) is 9.59 Å². The minimum absolute atomic E-state index is 0.0612. The lowest BCUT2D eigenvalue weighted by Crippen LogP contribution is -2.39. The van der Waals surface area contributed by atoms with Crippen LogP contribution in [0.2, 0.25) is 0 Å². The normalized spacial score (nSPS) is 21.9. The molecule has 1 aromatic carbocycles. The van der Waals surface area contributed by atoms with Gasteiger partial charge in [0.05, 0.1) is 18.6 Å². The number of carbonyl (C=O) groups excluding carboxylic acids is 2. The molecule has 0 bridgehead atoms. The average Bonchev–Trinajstić information content (AvgIpc) is 2.52. The molecule has 4 nitrogen and oxygen atoms in total. The molecule has 2 rings (SSSR count). The van der Waals surface area contributed by atoms with E-state index >= 15 is 0 Å². The largest absolute Gasteiger partial charge is 0.478 e. The predicted octanol–water partition coefficient (Wildman–Crippen LogP) is 1.97. The first kappa shape index (κ1) is 11.6. The molecule has 1 aliphatic rings. The molecule has 0 aromatic heterocycles. The Morgan fingerprint density at radius 2 is 2.12 bits per heavy atom. The fourth-order valence-corrected chi connectivity index (χ4v) is 1.92. The summed E-state index contributed by atoms with van der Waals surface area (Å²) in [4.78, 5) is 23.6. The lowest BCUT2D eigenvalue weighted by Gasteiger charge is -2.20. The van der Waals surface area contributed by atoms with Crippen molar-refractivity contribution in [2.75, 3.05) is 6.61 Å². The Balaban J connectivity index is 2.20. The third-order valence-electron chi connectivity index (χ3n) is 2.73. The van der Waals surface area contributed by atoms with Crippen LogP contribution in [0, 0.1) is 0 Å². The van der Waals surface area contributed by atoms with Crippen molar-refractivity contribution in [1.29, 1.82) is 0 Å². The maximum absolute atomic E-state index is 12.1. The average molecular weight is 234 g/mol. The van der Waals surface area contributed by atoms with Crippen molar-refractivity contribution in [2.24, 2.45) is 0 Å². The van der Waals surface area contributed by atoms with Crippen LogP contribution >= 0.6 is 0 Å². The Morgan fingerprint density at radius 1 is 1.41 bits per heavy atom. The van der Waals surface area contributed by atoms with Gasteiger partial charge in [0, 0.05) is 0 Å². The Morgan fingerprint density at radius 3 is 2.76 bits per heavy atom. The van der Waals surface area contributed by atoms with Crippen molar-refractivity contribution < 1.29 is 19.1 Å². The van der Waals surface area contributed by atoms with E-state index in [-0.39, 0.29) is 12.2 Å². The van der Waals surface area contributed by atoms with Gasteiger partial charge >= 0.3 is 5.97 Å². The summed E-state index contributed by atoms with van der Waals surface area (Å²) in [6, 6.07) is 7.00. The van der Waals surface area contributed by atoms with E-state index in [1.165, 1.54) is 0 Å². The maximum Gasteiger partial charge on any atom is 0.310 e. The van der Waals surface area contributed by atoms with Crippen LogP contribution in [0.3, 0.4) is 0 Å². The highest BCUT2D eigenvalue weighted by atomic mass is 16.5. The van der Waals surface area contributed by atoms with Crippen LogP contribution in [-0.2, 0) is 9.53 Å². The van der Waals surface area contributed by atoms with Crippen molar-refractivity contribution in [1.82, 2.24) is 0 Å².